The summed E-state index contributed by atoms with van der Waals surface area (Å²) in [5, 5.41) is 9.17. The highest BCUT2D eigenvalue weighted by Crippen LogP contribution is 2.32. The Bertz CT molecular complexity index is 266. The number of carbonyl (C=O) groups excluding carboxylic acids is 1. The molecule has 1 saturated heterocycles. The van der Waals surface area contributed by atoms with E-state index in [4.69, 9.17) is 14.6 Å². The topological polar surface area (TPSA) is 72.8 Å². The molecule has 0 saturated carbocycles. The van der Waals surface area contributed by atoms with E-state index in [-0.39, 0.29) is 25.4 Å². The van der Waals surface area contributed by atoms with Gasteiger partial charge in [-0.1, -0.05) is 13.8 Å². The van der Waals surface area contributed by atoms with Crippen LogP contribution < -0.4 is 0 Å². The van der Waals surface area contributed by atoms with Gasteiger partial charge in [0.2, 0.25) is 0 Å². The zero-order valence-corrected chi connectivity index (χ0v) is 9.69. The first kappa shape index (κ1) is 13.0. The fourth-order valence-corrected chi connectivity index (χ4v) is 1.61. The highest BCUT2D eigenvalue weighted by atomic mass is 16.5. The van der Waals surface area contributed by atoms with Gasteiger partial charge in [-0.2, -0.15) is 0 Å². The number of rotatable bonds is 4. The lowest BCUT2D eigenvalue weighted by molar-refractivity contribution is -0.176. The van der Waals surface area contributed by atoms with Crippen molar-refractivity contribution in [1.29, 1.82) is 0 Å². The summed E-state index contributed by atoms with van der Waals surface area (Å²) >= 11 is 0. The zero-order valence-electron chi connectivity index (χ0n) is 9.69. The van der Waals surface area contributed by atoms with E-state index >= 15 is 0 Å². The number of carboxylic acids is 1. The highest BCUT2D eigenvalue weighted by molar-refractivity contribution is 5.99. The van der Waals surface area contributed by atoms with E-state index in [0.717, 1.165) is 0 Å². The van der Waals surface area contributed by atoms with Crippen LogP contribution in [0.3, 0.4) is 0 Å². The maximum atomic E-state index is 11.8. The van der Waals surface area contributed by atoms with E-state index < -0.39 is 17.4 Å². The molecular formula is C11H18O5. The van der Waals surface area contributed by atoms with Crippen molar-refractivity contribution < 1.29 is 24.2 Å². The van der Waals surface area contributed by atoms with Crippen molar-refractivity contribution in [2.45, 2.75) is 26.7 Å². The second-order valence-corrected chi connectivity index (χ2v) is 4.49. The normalized spacial score (nSPS) is 19.4. The fraction of sp³-hybridized carbons (Fsp3) is 0.818. The second kappa shape index (κ2) is 5.30. The zero-order chi connectivity index (χ0) is 12.2. The average Bonchev–Trinajstić information content (AvgIpc) is 2.26. The van der Waals surface area contributed by atoms with Crippen LogP contribution in [0, 0.1) is 11.3 Å². The molecule has 5 heteroatoms. The number of hydrogen-bond acceptors (Lipinski definition) is 4. The molecule has 0 aromatic carbocycles. The standard InChI is InChI=1S/C11H18O5/c1-8(2)7-16-10(14)11(9(12)13)3-5-15-6-4-11/h8H,3-7H2,1-2H3,(H,12,13). The molecule has 1 aliphatic heterocycles. The Morgan fingerprint density at radius 3 is 2.38 bits per heavy atom. The summed E-state index contributed by atoms with van der Waals surface area (Å²) < 4.78 is 10.1. The van der Waals surface area contributed by atoms with Crippen molar-refractivity contribution in [2.75, 3.05) is 19.8 Å². The van der Waals surface area contributed by atoms with Gasteiger partial charge in [0, 0.05) is 13.2 Å². The molecule has 5 nitrogen and oxygen atoms in total. The van der Waals surface area contributed by atoms with Crippen molar-refractivity contribution in [3.8, 4) is 0 Å². The van der Waals surface area contributed by atoms with E-state index in [0.29, 0.717) is 13.2 Å². The van der Waals surface area contributed by atoms with Crippen LogP contribution in [-0.4, -0.2) is 36.9 Å². The van der Waals surface area contributed by atoms with E-state index in [1.807, 2.05) is 13.8 Å². The predicted octanol–water partition coefficient (Wildman–Crippen LogP) is 1.07. The van der Waals surface area contributed by atoms with Gasteiger partial charge in [0.25, 0.3) is 0 Å². The minimum Gasteiger partial charge on any atom is -0.480 e. The molecule has 0 amide bonds. The summed E-state index contributed by atoms with van der Waals surface area (Å²) in [7, 11) is 0. The minimum atomic E-state index is -1.40. The third kappa shape index (κ3) is 2.72. The molecule has 92 valence electrons. The van der Waals surface area contributed by atoms with Gasteiger partial charge in [-0.3, -0.25) is 9.59 Å². The lowest BCUT2D eigenvalue weighted by atomic mass is 9.80. The summed E-state index contributed by atoms with van der Waals surface area (Å²) in [5.74, 6) is -1.53. The molecule has 1 rings (SSSR count). The first-order valence-corrected chi connectivity index (χ1v) is 5.47. The summed E-state index contributed by atoms with van der Waals surface area (Å²) in [5.41, 5.74) is -1.40. The first-order chi connectivity index (χ1) is 7.49. The maximum absolute atomic E-state index is 11.8. The van der Waals surface area contributed by atoms with Crippen molar-refractivity contribution in [3.05, 3.63) is 0 Å². The number of carboxylic acid groups (broad SMARTS) is 1. The van der Waals surface area contributed by atoms with Crippen LogP contribution in [0.5, 0.6) is 0 Å². The monoisotopic (exact) mass is 230 g/mol. The van der Waals surface area contributed by atoms with E-state index in [1.54, 1.807) is 0 Å². The number of carbonyl (C=O) groups is 2. The number of ether oxygens (including phenoxy) is 2. The van der Waals surface area contributed by atoms with E-state index in [2.05, 4.69) is 0 Å². The lowest BCUT2D eigenvalue weighted by Gasteiger charge is -2.30. The predicted molar refractivity (Wildman–Crippen MR) is 55.9 cm³/mol. The van der Waals surface area contributed by atoms with Gasteiger partial charge < -0.3 is 14.6 Å². The Labute approximate surface area is 94.7 Å². The van der Waals surface area contributed by atoms with Gasteiger partial charge in [0.15, 0.2) is 5.41 Å². The van der Waals surface area contributed by atoms with Gasteiger partial charge in [0.05, 0.1) is 6.61 Å². The first-order valence-electron chi connectivity index (χ1n) is 5.47. The minimum absolute atomic E-state index is 0.194. The van der Waals surface area contributed by atoms with Gasteiger partial charge in [-0.05, 0) is 18.8 Å². The third-order valence-electron chi connectivity index (χ3n) is 2.69. The van der Waals surface area contributed by atoms with Crippen LogP contribution >= 0.6 is 0 Å². The molecule has 0 aromatic rings. The van der Waals surface area contributed by atoms with Crippen LogP contribution in [0.4, 0.5) is 0 Å². The molecule has 0 bridgehead atoms. The van der Waals surface area contributed by atoms with Crippen LogP contribution in [0.25, 0.3) is 0 Å². The van der Waals surface area contributed by atoms with E-state index in [1.165, 1.54) is 0 Å². The lowest BCUT2D eigenvalue weighted by Crippen LogP contribution is -2.45. The highest BCUT2D eigenvalue weighted by Gasteiger charge is 2.48. The van der Waals surface area contributed by atoms with Crippen molar-refractivity contribution >= 4 is 11.9 Å². The van der Waals surface area contributed by atoms with E-state index in [9.17, 15) is 9.59 Å². The van der Waals surface area contributed by atoms with Gasteiger partial charge in [-0.25, -0.2) is 0 Å². The van der Waals surface area contributed by atoms with Crippen molar-refractivity contribution in [1.82, 2.24) is 0 Å². The molecule has 0 spiro atoms. The molecule has 1 aliphatic rings. The molecule has 0 unspecified atom stereocenters. The van der Waals surface area contributed by atoms with Gasteiger partial charge in [-0.15, -0.1) is 0 Å². The Kier molecular flexibility index (Phi) is 4.29. The molecule has 1 N–H and O–H groups in total. The average molecular weight is 230 g/mol. The Morgan fingerprint density at radius 1 is 1.38 bits per heavy atom. The number of hydrogen-bond donors (Lipinski definition) is 1. The quantitative estimate of drug-likeness (QED) is 0.577. The Balaban J connectivity index is 2.69. The smallest absolute Gasteiger partial charge is 0.323 e. The number of aliphatic carboxylic acids is 1. The molecule has 1 fully saturated rings. The molecule has 0 aromatic heterocycles. The molecule has 0 atom stereocenters. The summed E-state index contributed by atoms with van der Waals surface area (Å²) in [6.07, 6.45) is 0.387. The van der Waals surface area contributed by atoms with Crippen molar-refractivity contribution in [2.24, 2.45) is 11.3 Å². The molecule has 0 aliphatic carbocycles. The van der Waals surface area contributed by atoms with Crippen LogP contribution in [0.2, 0.25) is 0 Å². The summed E-state index contributed by atoms with van der Waals surface area (Å²) in [4.78, 5) is 23.0. The van der Waals surface area contributed by atoms with Gasteiger partial charge >= 0.3 is 11.9 Å². The summed E-state index contributed by atoms with van der Waals surface area (Å²) in [6, 6.07) is 0. The fourth-order valence-electron chi connectivity index (χ4n) is 1.61. The maximum Gasteiger partial charge on any atom is 0.323 e. The largest absolute Gasteiger partial charge is 0.480 e. The third-order valence-corrected chi connectivity index (χ3v) is 2.69. The Hall–Kier alpha value is -1.10. The van der Waals surface area contributed by atoms with Crippen LogP contribution in [0.15, 0.2) is 0 Å². The van der Waals surface area contributed by atoms with Gasteiger partial charge in [0.1, 0.15) is 0 Å². The molecule has 0 radical (unpaired) electrons. The molecule has 16 heavy (non-hydrogen) atoms. The molecule has 1 heterocycles. The summed E-state index contributed by atoms with van der Waals surface area (Å²) in [6.45, 7) is 4.66. The molecular weight excluding hydrogens is 212 g/mol. The Morgan fingerprint density at radius 2 is 1.94 bits per heavy atom. The van der Waals surface area contributed by atoms with Crippen LogP contribution in [-0.2, 0) is 19.1 Å². The SMILES string of the molecule is CC(C)COC(=O)C1(C(=O)O)CCOCC1. The second-order valence-electron chi connectivity index (χ2n) is 4.49. The van der Waals surface area contributed by atoms with Crippen LogP contribution in [0.1, 0.15) is 26.7 Å². The van der Waals surface area contributed by atoms with Crippen molar-refractivity contribution in [3.63, 3.8) is 0 Å². The number of esters is 1.